The van der Waals surface area contributed by atoms with Gasteiger partial charge in [0.1, 0.15) is 11.5 Å². The molecule has 0 radical (unpaired) electrons. The van der Waals surface area contributed by atoms with E-state index in [1.54, 1.807) is 60.7 Å². The number of halogens is 4. The Balaban J connectivity index is 0.000000320. The molecule has 0 heterocycles. The highest BCUT2D eigenvalue weighted by Crippen LogP contribution is 2.38. The maximum atomic E-state index is 14.2. The van der Waals surface area contributed by atoms with Gasteiger partial charge in [-0.1, -0.05) is 99.5 Å². The van der Waals surface area contributed by atoms with Crippen molar-refractivity contribution < 1.29 is 57.0 Å². The lowest BCUT2D eigenvalue weighted by atomic mass is 9.89. The fraction of sp³-hybridized carbons (Fsp3) is 0.553. The molecule has 0 saturated heterocycles. The minimum atomic E-state index is -3.20. The summed E-state index contributed by atoms with van der Waals surface area (Å²) in [6.45, 7) is 2.92. The molecule has 0 spiro atoms. The molecule has 0 amide bonds. The average Bonchev–Trinajstić information content (AvgIpc) is 3.65. The predicted octanol–water partition coefficient (Wildman–Crippen LogP) is 9.44. The van der Waals surface area contributed by atoms with Crippen LogP contribution in [0.25, 0.3) is 0 Å². The van der Waals surface area contributed by atoms with Gasteiger partial charge < -0.3 is 34.6 Å². The van der Waals surface area contributed by atoms with Gasteiger partial charge in [-0.05, 0) is 86.8 Å². The van der Waals surface area contributed by atoms with Crippen LogP contribution in [0.1, 0.15) is 84.5 Å². The van der Waals surface area contributed by atoms with Crippen LogP contribution in [-0.4, -0.2) is 82.5 Å². The smallest absolute Gasteiger partial charge is 0.305 e. The number of carbonyl (C=O) groups is 1. The first-order chi connectivity index (χ1) is 28.2. The molecule has 2 aliphatic rings. The molecule has 59 heavy (non-hydrogen) atoms. The van der Waals surface area contributed by atoms with Gasteiger partial charge in [0, 0.05) is 31.1 Å². The summed E-state index contributed by atoms with van der Waals surface area (Å²) < 4.78 is 72.0. The Bertz CT molecular complexity index is 1570. The molecule has 0 aliphatic heterocycles. The molecule has 2 aromatic rings. The Hall–Kier alpha value is -3.97. The van der Waals surface area contributed by atoms with Crippen molar-refractivity contribution in [2.75, 3.05) is 19.8 Å². The molecule has 2 saturated carbocycles. The number of hydrogen-bond donors (Lipinski definition) is 4. The topological polar surface area (TPSA) is 126 Å². The van der Waals surface area contributed by atoms with Crippen molar-refractivity contribution in [3.63, 3.8) is 0 Å². The molecule has 2 aromatic carbocycles. The Kier molecular flexibility index (Phi) is 22.0. The van der Waals surface area contributed by atoms with E-state index in [-0.39, 0.29) is 30.6 Å². The monoisotopic (exact) mass is 832 g/mol. The third-order valence-electron chi connectivity index (χ3n) is 10.4. The molecular formula is C47H64F4O8. The number of unbranched alkanes of at least 4 members (excludes halogenated alkanes) is 3. The largest absolute Gasteiger partial charge is 0.487 e. The fourth-order valence-electron chi connectivity index (χ4n) is 7.12. The van der Waals surface area contributed by atoms with E-state index in [0.29, 0.717) is 50.2 Å². The number of benzene rings is 2. The van der Waals surface area contributed by atoms with E-state index >= 15 is 0 Å². The van der Waals surface area contributed by atoms with Gasteiger partial charge in [-0.15, -0.1) is 0 Å². The summed E-state index contributed by atoms with van der Waals surface area (Å²) in [6, 6.07) is 16.9. The van der Waals surface area contributed by atoms with Crippen LogP contribution in [0.15, 0.2) is 109 Å². The minimum absolute atomic E-state index is 0.156. The normalized spacial score (nSPS) is 24.9. The Morgan fingerprint density at radius 2 is 1.08 bits per heavy atom. The number of hydrogen-bond acceptors (Lipinski definition) is 8. The number of esters is 1. The Labute approximate surface area is 347 Å². The zero-order chi connectivity index (χ0) is 43.1. The average molecular weight is 833 g/mol. The third kappa shape index (κ3) is 18.9. The summed E-state index contributed by atoms with van der Waals surface area (Å²) in [7, 11) is 0. The molecule has 2 aliphatic carbocycles. The lowest BCUT2D eigenvalue weighted by Gasteiger charge is -2.20. The van der Waals surface area contributed by atoms with Crippen molar-refractivity contribution in [2.24, 2.45) is 23.7 Å². The first-order valence-electron chi connectivity index (χ1n) is 20.9. The van der Waals surface area contributed by atoms with Crippen LogP contribution in [0.3, 0.4) is 0 Å². The number of aliphatic hydroxyl groups is 4. The van der Waals surface area contributed by atoms with Gasteiger partial charge in [-0.25, -0.2) is 0 Å². The predicted molar refractivity (Wildman–Crippen MR) is 221 cm³/mol. The summed E-state index contributed by atoms with van der Waals surface area (Å²) in [5.41, 5.74) is 0. The number of allylic oxidation sites excluding steroid dienone is 4. The zero-order valence-corrected chi connectivity index (χ0v) is 34.3. The van der Waals surface area contributed by atoms with E-state index in [9.17, 15) is 42.8 Å². The fourth-order valence-corrected chi connectivity index (χ4v) is 7.12. The Morgan fingerprint density at radius 3 is 1.51 bits per heavy atom. The molecule has 328 valence electrons. The third-order valence-corrected chi connectivity index (χ3v) is 10.4. The van der Waals surface area contributed by atoms with Crippen LogP contribution in [0.5, 0.6) is 11.5 Å². The molecular weight excluding hydrogens is 769 g/mol. The highest BCUT2D eigenvalue weighted by Gasteiger charge is 2.41. The second-order valence-corrected chi connectivity index (χ2v) is 15.3. The first kappa shape index (κ1) is 49.4. The van der Waals surface area contributed by atoms with Crippen molar-refractivity contribution in [3.8, 4) is 11.5 Å². The van der Waals surface area contributed by atoms with Gasteiger partial charge in [0.05, 0.1) is 31.0 Å². The van der Waals surface area contributed by atoms with Gasteiger partial charge in [0.2, 0.25) is 0 Å². The number of aliphatic hydroxyl groups excluding tert-OH is 4. The highest BCUT2D eigenvalue weighted by atomic mass is 19.3. The van der Waals surface area contributed by atoms with Crippen molar-refractivity contribution in [2.45, 2.75) is 121 Å². The second kappa shape index (κ2) is 26.3. The van der Waals surface area contributed by atoms with E-state index < -0.39 is 61.3 Å². The standard InChI is InChI=1S/C25H34F2O5.C22H30F2O3/c1-2-16-31-24(30)13-9-4-3-8-12-20-21(23(29)17-22(20)28)14-15-25(26,27)18-32-19-10-6-5-7-11-19;1-2-3-4-5-9-12-18-19(21(26)15-20(18)25)13-14-22(23,24)16-27-17-10-7-6-8-11-17/h3,5-8,10-11,14-15,20-23,28-29H,2,4,9,12-13,16-18H2,1H3;5-11,13-14,18-21,25-26H,2-4,12,15-16H2,1H3/b8-3-,15-14+;9-5-,14-13+/t20-,21-,22+,23-;18-,19-,20+,21-/m11/s1. The molecule has 0 unspecified atom stereocenters. The molecule has 2 fully saturated rings. The minimum Gasteiger partial charge on any atom is -0.487 e. The highest BCUT2D eigenvalue weighted by molar-refractivity contribution is 5.69. The molecule has 8 nitrogen and oxygen atoms in total. The van der Waals surface area contributed by atoms with Crippen molar-refractivity contribution in [1.29, 1.82) is 0 Å². The van der Waals surface area contributed by atoms with E-state index in [0.717, 1.165) is 37.8 Å². The summed E-state index contributed by atoms with van der Waals surface area (Å²) in [5.74, 6) is -7.47. The van der Waals surface area contributed by atoms with E-state index in [2.05, 4.69) is 13.0 Å². The second-order valence-electron chi connectivity index (χ2n) is 15.3. The van der Waals surface area contributed by atoms with Crippen molar-refractivity contribution in [3.05, 3.63) is 109 Å². The van der Waals surface area contributed by atoms with Crippen molar-refractivity contribution >= 4 is 5.97 Å². The van der Waals surface area contributed by atoms with Gasteiger partial charge in [-0.3, -0.25) is 4.79 Å². The lowest BCUT2D eigenvalue weighted by molar-refractivity contribution is -0.143. The van der Waals surface area contributed by atoms with E-state index in [4.69, 9.17) is 14.2 Å². The Morgan fingerprint density at radius 1 is 0.644 bits per heavy atom. The molecule has 12 heteroatoms. The van der Waals surface area contributed by atoms with Gasteiger partial charge in [-0.2, -0.15) is 17.6 Å². The van der Waals surface area contributed by atoms with Crippen LogP contribution < -0.4 is 9.47 Å². The summed E-state index contributed by atoms with van der Waals surface area (Å²) in [4.78, 5) is 11.5. The molecule has 0 aromatic heterocycles. The summed E-state index contributed by atoms with van der Waals surface area (Å²) in [6.07, 6.45) is 16.0. The van der Waals surface area contributed by atoms with Crippen molar-refractivity contribution in [1.82, 2.24) is 0 Å². The lowest BCUT2D eigenvalue weighted by Crippen LogP contribution is -2.25. The van der Waals surface area contributed by atoms with Gasteiger partial charge in [0.15, 0.2) is 13.2 Å². The molecule has 4 rings (SSSR count). The molecule has 0 bridgehead atoms. The van der Waals surface area contributed by atoms with Gasteiger partial charge >= 0.3 is 5.97 Å². The van der Waals surface area contributed by atoms with Crippen LogP contribution >= 0.6 is 0 Å². The van der Waals surface area contributed by atoms with Crippen LogP contribution in [0.2, 0.25) is 0 Å². The summed E-state index contributed by atoms with van der Waals surface area (Å²) in [5, 5.41) is 40.9. The maximum absolute atomic E-state index is 14.2. The van der Waals surface area contributed by atoms with Crippen LogP contribution in [0, 0.1) is 23.7 Å². The molecule has 4 N–H and O–H groups in total. The zero-order valence-electron chi connectivity index (χ0n) is 34.3. The van der Waals surface area contributed by atoms with E-state index in [1.165, 1.54) is 12.2 Å². The first-order valence-corrected chi connectivity index (χ1v) is 20.9. The number of ether oxygens (including phenoxy) is 3. The number of alkyl halides is 4. The maximum Gasteiger partial charge on any atom is 0.305 e. The van der Waals surface area contributed by atoms with Crippen LogP contribution in [0.4, 0.5) is 17.6 Å². The number of rotatable bonds is 23. The van der Waals surface area contributed by atoms with Crippen LogP contribution in [-0.2, 0) is 9.53 Å². The van der Waals surface area contributed by atoms with E-state index in [1.807, 2.05) is 25.2 Å². The number of carbonyl (C=O) groups excluding carboxylic acids is 1. The number of para-hydroxylation sites is 2. The summed E-state index contributed by atoms with van der Waals surface area (Å²) >= 11 is 0. The quantitative estimate of drug-likeness (QED) is 0.0378. The molecule has 8 atom stereocenters. The SMILES string of the molecule is CCCC/C=C\C[C@@H]1[C@@H](/C=C/C(F)(F)COc2ccccc2)[C@H](O)C[C@@H]1O.CCCOC(=O)CCC/C=C\C[C@@H]1[C@@H](/C=C/C(F)(F)COc2ccccc2)[C@H](O)C[C@@H]1O. The van der Waals surface area contributed by atoms with Gasteiger partial charge in [0.25, 0.3) is 11.8 Å².